The average Bonchev–Trinajstić information content (AvgIpc) is 2.37. The van der Waals surface area contributed by atoms with E-state index in [1.165, 1.54) is 0 Å². The summed E-state index contributed by atoms with van der Waals surface area (Å²) in [5, 5.41) is 0. The summed E-state index contributed by atoms with van der Waals surface area (Å²) in [6.45, 7) is 0.754. The Morgan fingerprint density at radius 1 is 1.47 bits per heavy atom. The Balaban J connectivity index is 2.30. The zero-order valence-corrected chi connectivity index (χ0v) is 9.93. The number of anilines is 1. The van der Waals surface area contributed by atoms with E-state index in [9.17, 15) is 4.79 Å². The van der Waals surface area contributed by atoms with Gasteiger partial charge in [0.15, 0.2) is 0 Å². The molecule has 1 aliphatic heterocycles. The van der Waals surface area contributed by atoms with Gasteiger partial charge in [0.05, 0.1) is 13.4 Å². The number of ether oxygens (including phenoxy) is 1. The molecule has 4 heteroatoms. The smallest absolute Gasteiger partial charge is 0.228 e. The summed E-state index contributed by atoms with van der Waals surface area (Å²) in [5.41, 5.74) is 0.907. The summed E-state index contributed by atoms with van der Waals surface area (Å²) in [4.78, 5) is 17.9. The first kappa shape index (κ1) is 11.6. The number of carbonyl (C=O) groups is 1. The van der Waals surface area contributed by atoms with Crippen molar-refractivity contribution in [2.24, 2.45) is 0 Å². The molecule has 0 radical (unpaired) electrons. The van der Waals surface area contributed by atoms with Crippen LogP contribution in [0, 0.1) is 0 Å². The zero-order chi connectivity index (χ0) is 12.1. The van der Waals surface area contributed by atoms with Gasteiger partial charge in [-0.2, -0.15) is 0 Å². The van der Waals surface area contributed by atoms with Gasteiger partial charge in [0.1, 0.15) is 5.82 Å². The summed E-state index contributed by atoms with van der Waals surface area (Å²) in [7, 11) is 1.60. The summed E-state index contributed by atoms with van der Waals surface area (Å²) in [6.07, 6.45) is 7.76. The van der Waals surface area contributed by atoms with Crippen LogP contribution in [-0.4, -0.2) is 24.5 Å². The first-order valence-electron chi connectivity index (χ1n) is 5.77. The second-order valence-electron chi connectivity index (χ2n) is 3.96. The molecule has 1 aromatic heterocycles. The van der Waals surface area contributed by atoms with Crippen LogP contribution in [0.1, 0.15) is 24.8 Å². The van der Waals surface area contributed by atoms with Gasteiger partial charge in [-0.25, -0.2) is 4.98 Å². The van der Waals surface area contributed by atoms with Crippen molar-refractivity contribution in [2.75, 3.05) is 18.6 Å². The van der Waals surface area contributed by atoms with Gasteiger partial charge in [-0.15, -0.1) is 0 Å². The molecule has 0 N–H and O–H groups in total. The van der Waals surface area contributed by atoms with Gasteiger partial charge in [0.25, 0.3) is 0 Å². The fourth-order valence-corrected chi connectivity index (χ4v) is 1.94. The maximum absolute atomic E-state index is 11.9. The van der Waals surface area contributed by atoms with Crippen molar-refractivity contribution >= 4 is 17.8 Å². The van der Waals surface area contributed by atoms with E-state index in [0.717, 1.165) is 30.8 Å². The molecule has 0 atom stereocenters. The lowest BCUT2D eigenvalue weighted by atomic mass is 10.1. The minimum absolute atomic E-state index is 0.155. The number of pyridine rings is 1. The number of methoxy groups -OCH3 is 1. The normalized spacial score (nSPS) is 16.5. The van der Waals surface area contributed by atoms with Crippen LogP contribution >= 0.6 is 0 Å². The number of rotatable bonds is 3. The monoisotopic (exact) mass is 232 g/mol. The van der Waals surface area contributed by atoms with Crippen LogP contribution in [0.2, 0.25) is 0 Å². The van der Waals surface area contributed by atoms with Gasteiger partial charge in [0.2, 0.25) is 5.91 Å². The molecule has 0 spiro atoms. The molecule has 0 aromatic carbocycles. The minimum atomic E-state index is 0.155. The van der Waals surface area contributed by atoms with Gasteiger partial charge in [-0.1, -0.05) is 0 Å². The van der Waals surface area contributed by atoms with Crippen LogP contribution in [0.5, 0.6) is 0 Å². The summed E-state index contributed by atoms with van der Waals surface area (Å²) >= 11 is 0. The van der Waals surface area contributed by atoms with Crippen molar-refractivity contribution in [3.05, 3.63) is 30.2 Å². The third kappa shape index (κ3) is 2.64. The predicted molar refractivity (Wildman–Crippen MR) is 66.5 cm³/mol. The molecule has 1 aliphatic rings. The maximum Gasteiger partial charge on any atom is 0.228 e. The van der Waals surface area contributed by atoms with E-state index in [2.05, 4.69) is 4.98 Å². The number of aromatic nitrogens is 1. The molecular formula is C13H16N2O2. The fourth-order valence-electron chi connectivity index (χ4n) is 1.94. The van der Waals surface area contributed by atoms with E-state index >= 15 is 0 Å². The second kappa shape index (κ2) is 5.48. The Bertz CT molecular complexity index is 429. The number of nitrogens with zero attached hydrogens (tertiary/aromatic N) is 2. The standard InChI is InChI=1S/C13H16N2O2/c1-17-10-7-11-5-4-8-14-13(11)15-9-3-2-6-12(15)16/h4-5,7-8,10H,2-3,6,9H2,1H3/b10-7+. The topological polar surface area (TPSA) is 42.4 Å². The first-order chi connectivity index (χ1) is 8.33. The van der Waals surface area contributed by atoms with Crippen molar-refractivity contribution in [1.29, 1.82) is 0 Å². The molecule has 1 fully saturated rings. The lowest BCUT2D eigenvalue weighted by Crippen LogP contribution is -2.36. The van der Waals surface area contributed by atoms with E-state index in [4.69, 9.17) is 4.74 Å². The van der Waals surface area contributed by atoms with Crippen molar-refractivity contribution < 1.29 is 9.53 Å². The van der Waals surface area contributed by atoms with Crippen LogP contribution in [0.4, 0.5) is 5.82 Å². The van der Waals surface area contributed by atoms with Gasteiger partial charge < -0.3 is 4.74 Å². The largest absolute Gasteiger partial charge is 0.504 e. The number of amides is 1. The molecule has 0 aliphatic carbocycles. The number of carbonyl (C=O) groups excluding carboxylic acids is 1. The van der Waals surface area contributed by atoms with Gasteiger partial charge in [-0.05, 0) is 31.1 Å². The predicted octanol–water partition coefficient (Wildman–Crippen LogP) is 2.22. The molecule has 0 saturated carbocycles. The Labute approximate surface area is 101 Å². The lowest BCUT2D eigenvalue weighted by molar-refractivity contribution is -0.119. The quantitative estimate of drug-likeness (QED) is 0.750. The highest BCUT2D eigenvalue weighted by Gasteiger charge is 2.22. The highest BCUT2D eigenvalue weighted by molar-refractivity contribution is 5.94. The Hall–Kier alpha value is -1.84. The molecule has 4 nitrogen and oxygen atoms in total. The van der Waals surface area contributed by atoms with E-state index in [1.807, 2.05) is 18.2 Å². The first-order valence-corrected chi connectivity index (χ1v) is 5.77. The molecule has 2 heterocycles. The molecule has 1 aromatic rings. The van der Waals surface area contributed by atoms with E-state index < -0.39 is 0 Å². The highest BCUT2D eigenvalue weighted by Crippen LogP contribution is 2.23. The van der Waals surface area contributed by atoms with Crippen LogP contribution in [0.3, 0.4) is 0 Å². The molecule has 0 bridgehead atoms. The Morgan fingerprint density at radius 3 is 3.12 bits per heavy atom. The molecule has 2 rings (SSSR count). The van der Waals surface area contributed by atoms with Gasteiger partial charge >= 0.3 is 0 Å². The molecular weight excluding hydrogens is 216 g/mol. The Morgan fingerprint density at radius 2 is 2.35 bits per heavy atom. The van der Waals surface area contributed by atoms with Crippen LogP contribution in [-0.2, 0) is 9.53 Å². The maximum atomic E-state index is 11.9. The fraction of sp³-hybridized carbons (Fsp3) is 0.385. The summed E-state index contributed by atoms with van der Waals surface area (Å²) in [6, 6.07) is 3.78. The molecule has 1 saturated heterocycles. The van der Waals surface area contributed by atoms with Crippen LogP contribution in [0.15, 0.2) is 24.6 Å². The van der Waals surface area contributed by atoms with E-state index in [1.54, 1.807) is 24.5 Å². The van der Waals surface area contributed by atoms with Gasteiger partial charge in [0, 0.05) is 24.7 Å². The van der Waals surface area contributed by atoms with Crippen LogP contribution in [0.25, 0.3) is 6.08 Å². The number of hydrogen-bond donors (Lipinski definition) is 0. The van der Waals surface area contributed by atoms with Crippen molar-refractivity contribution in [3.63, 3.8) is 0 Å². The lowest BCUT2D eigenvalue weighted by Gasteiger charge is -2.26. The van der Waals surface area contributed by atoms with Crippen molar-refractivity contribution in [2.45, 2.75) is 19.3 Å². The minimum Gasteiger partial charge on any atom is -0.504 e. The number of piperidine rings is 1. The average molecular weight is 232 g/mol. The van der Waals surface area contributed by atoms with Crippen LogP contribution < -0.4 is 4.90 Å². The third-order valence-electron chi connectivity index (χ3n) is 2.78. The molecule has 90 valence electrons. The Kier molecular flexibility index (Phi) is 3.75. The van der Waals surface area contributed by atoms with Gasteiger partial charge in [-0.3, -0.25) is 9.69 Å². The third-order valence-corrected chi connectivity index (χ3v) is 2.78. The molecule has 1 amide bonds. The molecule has 17 heavy (non-hydrogen) atoms. The van der Waals surface area contributed by atoms with E-state index in [0.29, 0.717) is 6.42 Å². The van der Waals surface area contributed by atoms with E-state index in [-0.39, 0.29) is 5.91 Å². The summed E-state index contributed by atoms with van der Waals surface area (Å²) < 4.78 is 4.90. The SMILES string of the molecule is CO/C=C/c1cccnc1N1CCCCC1=O. The van der Waals surface area contributed by atoms with Crippen molar-refractivity contribution in [1.82, 2.24) is 4.98 Å². The molecule has 0 unspecified atom stereocenters. The second-order valence-corrected chi connectivity index (χ2v) is 3.96. The zero-order valence-electron chi connectivity index (χ0n) is 9.93. The highest BCUT2D eigenvalue weighted by atomic mass is 16.5. The number of hydrogen-bond acceptors (Lipinski definition) is 3. The van der Waals surface area contributed by atoms with Crippen molar-refractivity contribution in [3.8, 4) is 0 Å². The summed E-state index contributed by atoms with van der Waals surface area (Å²) in [5.74, 6) is 0.882.